The zero-order valence-corrected chi connectivity index (χ0v) is 33.5. The molecule has 0 spiro atoms. The van der Waals surface area contributed by atoms with Gasteiger partial charge >= 0.3 is 12.2 Å². The molecule has 17 heteroatoms. The standard InChI is InChI=1S/C41H47ClN6O9S/c42-35-20-19-31(24-43-35)58(54,55)46-38(51)41-23-29(41)14-4-2-1-3-5-18-33(44-39(52)57-30-15-7-8-16-30)37(50)48-22-21-47(25-34(48)36(49)45-41)40(53)56-26-28-13-10-12-27-11-6-9-17-32(27)28/h4,6,9-14,17,19-20,24,29-30,33-34H,1-3,5,7-8,15-16,18,21-23,25-26H2,(H,44,52)(H,45,49)(H,46,51)/b14-4+/t29?,33-,34-,41-/m0/s1. The quantitative estimate of drug-likeness (QED) is 0.216. The smallest absolute Gasteiger partial charge is 0.410 e. The number of hydrogen-bond acceptors (Lipinski definition) is 10. The number of benzene rings is 2. The number of halogens is 1. The molecule has 4 atom stereocenters. The van der Waals surface area contributed by atoms with Gasteiger partial charge in [-0.2, -0.15) is 0 Å². The minimum Gasteiger partial charge on any atom is -0.446 e. The molecule has 3 aromatic rings. The highest BCUT2D eigenvalue weighted by Crippen LogP contribution is 2.45. The second kappa shape index (κ2) is 17.7. The Balaban J connectivity index is 1.14. The molecule has 7 rings (SSSR count). The molecule has 0 radical (unpaired) electrons. The molecular weight excluding hydrogens is 788 g/mol. The lowest BCUT2D eigenvalue weighted by Crippen LogP contribution is -2.66. The van der Waals surface area contributed by atoms with Gasteiger partial charge in [0.2, 0.25) is 11.8 Å². The first kappa shape index (κ1) is 41.0. The molecule has 5 amide bonds. The molecule has 0 bridgehead atoms. The first-order valence-corrected chi connectivity index (χ1v) is 21.6. The minimum atomic E-state index is -4.43. The first-order valence-electron chi connectivity index (χ1n) is 19.8. The number of allylic oxidation sites excluding steroid dienone is 1. The Morgan fingerprint density at radius 2 is 1.72 bits per heavy atom. The third-order valence-corrected chi connectivity index (χ3v) is 12.9. The molecule has 1 unspecified atom stereocenters. The zero-order valence-electron chi connectivity index (χ0n) is 31.9. The van der Waals surface area contributed by atoms with Gasteiger partial charge in [0.25, 0.3) is 15.9 Å². The van der Waals surface area contributed by atoms with Gasteiger partial charge in [-0.05, 0) is 79.8 Å². The molecule has 15 nitrogen and oxygen atoms in total. The highest BCUT2D eigenvalue weighted by Gasteiger charge is 2.61. The van der Waals surface area contributed by atoms with Crippen molar-refractivity contribution in [1.29, 1.82) is 0 Å². The summed E-state index contributed by atoms with van der Waals surface area (Å²) in [6.07, 6.45) is 9.52. The van der Waals surface area contributed by atoms with Crippen LogP contribution in [0.4, 0.5) is 9.59 Å². The summed E-state index contributed by atoms with van der Waals surface area (Å²) in [6.45, 7) is -0.400. The molecule has 58 heavy (non-hydrogen) atoms. The maximum atomic E-state index is 14.5. The fraction of sp³-hybridized carbons (Fsp3) is 0.463. The molecule has 3 fully saturated rings. The number of rotatable bonds is 7. The Hall–Kier alpha value is -5.22. The van der Waals surface area contributed by atoms with Crippen molar-refractivity contribution >= 4 is 62.3 Å². The van der Waals surface area contributed by atoms with Gasteiger partial charge in [-0.15, -0.1) is 0 Å². The van der Waals surface area contributed by atoms with E-state index < -0.39 is 63.5 Å². The van der Waals surface area contributed by atoms with Crippen LogP contribution in [0.3, 0.4) is 0 Å². The van der Waals surface area contributed by atoms with Crippen molar-refractivity contribution in [3.8, 4) is 0 Å². The fourth-order valence-electron chi connectivity index (χ4n) is 8.00. The second-order valence-electron chi connectivity index (χ2n) is 15.3. The molecule has 1 saturated heterocycles. The fourth-order valence-corrected chi connectivity index (χ4v) is 9.10. The lowest BCUT2D eigenvalue weighted by Gasteiger charge is -2.41. The van der Waals surface area contributed by atoms with E-state index in [-0.39, 0.29) is 55.2 Å². The number of ether oxygens (including phenoxy) is 2. The van der Waals surface area contributed by atoms with Crippen LogP contribution in [-0.2, 0) is 40.5 Å². The number of pyridine rings is 1. The van der Waals surface area contributed by atoms with Gasteiger partial charge in [-0.3, -0.25) is 14.4 Å². The number of aromatic nitrogens is 1. The van der Waals surface area contributed by atoms with Crippen LogP contribution in [0.15, 0.2) is 77.8 Å². The maximum absolute atomic E-state index is 14.5. The van der Waals surface area contributed by atoms with Crippen molar-refractivity contribution in [2.75, 3.05) is 19.6 Å². The van der Waals surface area contributed by atoms with Gasteiger partial charge in [-0.25, -0.2) is 27.7 Å². The predicted molar refractivity (Wildman–Crippen MR) is 213 cm³/mol. The van der Waals surface area contributed by atoms with Crippen LogP contribution in [0.5, 0.6) is 0 Å². The molecule has 3 N–H and O–H groups in total. The first-order chi connectivity index (χ1) is 27.9. The number of piperazine rings is 1. The van der Waals surface area contributed by atoms with E-state index in [1.165, 1.54) is 21.9 Å². The second-order valence-corrected chi connectivity index (χ2v) is 17.4. The van der Waals surface area contributed by atoms with Crippen molar-refractivity contribution in [3.63, 3.8) is 0 Å². The van der Waals surface area contributed by atoms with Gasteiger partial charge in [0.15, 0.2) is 0 Å². The Morgan fingerprint density at radius 1 is 0.948 bits per heavy atom. The average Bonchev–Trinajstić information content (AvgIpc) is 3.66. The largest absolute Gasteiger partial charge is 0.446 e. The van der Waals surface area contributed by atoms with E-state index in [9.17, 15) is 32.4 Å². The highest BCUT2D eigenvalue weighted by atomic mass is 35.5. The van der Waals surface area contributed by atoms with Crippen LogP contribution >= 0.6 is 11.6 Å². The molecule has 1 aromatic heterocycles. The third-order valence-electron chi connectivity index (χ3n) is 11.4. The van der Waals surface area contributed by atoms with E-state index in [1.54, 1.807) is 6.08 Å². The molecule has 3 heterocycles. The summed E-state index contributed by atoms with van der Waals surface area (Å²) in [7, 11) is -4.43. The molecule has 2 aromatic carbocycles. The average molecular weight is 835 g/mol. The highest BCUT2D eigenvalue weighted by molar-refractivity contribution is 7.90. The lowest BCUT2D eigenvalue weighted by atomic mass is 10.0. The van der Waals surface area contributed by atoms with Gasteiger partial charge < -0.3 is 29.9 Å². The third kappa shape index (κ3) is 9.39. The van der Waals surface area contributed by atoms with E-state index in [2.05, 4.69) is 20.3 Å². The maximum Gasteiger partial charge on any atom is 0.410 e. The zero-order chi connectivity index (χ0) is 40.9. The molecule has 2 aliphatic heterocycles. The summed E-state index contributed by atoms with van der Waals surface area (Å²) >= 11 is 5.85. The van der Waals surface area contributed by atoms with Crippen molar-refractivity contribution in [2.24, 2.45) is 5.92 Å². The topological polar surface area (TPSA) is 193 Å². The molecule has 2 saturated carbocycles. The predicted octanol–water partition coefficient (Wildman–Crippen LogP) is 4.98. The van der Waals surface area contributed by atoms with Crippen molar-refractivity contribution in [3.05, 3.63) is 83.7 Å². The summed E-state index contributed by atoms with van der Waals surface area (Å²) in [5, 5.41) is 7.52. The Bertz CT molecular complexity index is 2180. The Labute approximate surface area is 341 Å². The van der Waals surface area contributed by atoms with Crippen molar-refractivity contribution in [1.82, 2.24) is 30.1 Å². The SMILES string of the molecule is O=C(N[C@H]1CCCCC/C=C/C2C[C@]2(C(=O)NS(=O)(=O)c2ccc(Cl)nc2)NC(=O)[C@@H]2CN(C(=O)OCc3cccc4ccccc34)CCN2C1=O)OC1CCCC1. The Morgan fingerprint density at radius 3 is 2.52 bits per heavy atom. The number of carbonyl (C=O) groups excluding carboxylic acids is 5. The summed E-state index contributed by atoms with van der Waals surface area (Å²) in [4.78, 5) is 75.9. The van der Waals surface area contributed by atoms with Crippen LogP contribution in [0, 0.1) is 5.92 Å². The molecular formula is C41H47ClN6O9S. The molecule has 308 valence electrons. The number of hydrogen-bond donors (Lipinski definition) is 3. The molecule has 2 aliphatic carbocycles. The van der Waals surface area contributed by atoms with Crippen LogP contribution < -0.4 is 15.4 Å². The van der Waals surface area contributed by atoms with E-state index >= 15 is 0 Å². The number of nitrogens with zero attached hydrogens (tertiary/aromatic N) is 3. The number of sulfonamides is 1. The van der Waals surface area contributed by atoms with Gasteiger partial charge in [0.1, 0.15) is 40.4 Å². The monoisotopic (exact) mass is 834 g/mol. The van der Waals surface area contributed by atoms with E-state index in [0.717, 1.165) is 61.1 Å². The van der Waals surface area contributed by atoms with Gasteiger partial charge in [-0.1, -0.05) is 79.1 Å². The van der Waals surface area contributed by atoms with Crippen molar-refractivity contribution in [2.45, 2.75) is 99.4 Å². The van der Waals surface area contributed by atoms with Crippen LogP contribution in [0.2, 0.25) is 5.15 Å². The number of carbonyl (C=O) groups is 5. The normalized spacial score (nSPS) is 24.9. The summed E-state index contributed by atoms with van der Waals surface area (Å²) in [6, 6.07) is 13.5. The summed E-state index contributed by atoms with van der Waals surface area (Å²) < 4.78 is 40.1. The number of alkyl carbamates (subject to hydrolysis) is 1. The van der Waals surface area contributed by atoms with Crippen LogP contribution in [-0.4, -0.2) is 96.5 Å². The van der Waals surface area contributed by atoms with Gasteiger partial charge in [0.05, 0.1) is 6.54 Å². The number of amides is 5. The number of nitrogens with one attached hydrogen (secondary N) is 3. The van der Waals surface area contributed by atoms with Crippen LogP contribution in [0.1, 0.15) is 69.8 Å². The van der Waals surface area contributed by atoms with E-state index in [4.69, 9.17) is 21.1 Å². The van der Waals surface area contributed by atoms with E-state index in [0.29, 0.717) is 12.8 Å². The summed E-state index contributed by atoms with van der Waals surface area (Å²) in [5.41, 5.74) is -0.898. The van der Waals surface area contributed by atoms with Gasteiger partial charge in [0, 0.05) is 25.2 Å². The van der Waals surface area contributed by atoms with Crippen LogP contribution in [0.25, 0.3) is 10.8 Å². The number of fused-ring (bicyclic) bond motifs is 3. The Kier molecular flexibility index (Phi) is 12.5. The minimum absolute atomic E-state index is 0.0213. The summed E-state index contributed by atoms with van der Waals surface area (Å²) in [5.74, 6) is -2.85. The van der Waals surface area contributed by atoms with Crippen molar-refractivity contribution < 1.29 is 41.9 Å². The molecule has 4 aliphatic rings. The lowest BCUT2D eigenvalue weighted by molar-refractivity contribution is -0.146. The van der Waals surface area contributed by atoms with E-state index in [1.807, 2.05) is 48.5 Å².